The molecule has 0 bridgehead atoms. The molecule has 1 rings (SSSR count). The fraction of sp³-hybridized carbons (Fsp3) is 0.273. The van der Waals surface area contributed by atoms with Crippen molar-refractivity contribution in [2.75, 3.05) is 11.5 Å². The molecule has 0 heterocycles. The van der Waals surface area contributed by atoms with E-state index < -0.39 is 16.0 Å². The molecule has 4 N–H and O–H groups in total. The van der Waals surface area contributed by atoms with Gasteiger partial charge in [-0.15, -0.1) is 11.8 Å². The topological polar surface area (TPSA) is 127 Å². The Morgan fingerprint density at radius 2 is 2.00 bits per heavy atom. The highest BCUT2D eigenvalue weighted by atomic mass is 32.2. The number of nitrogens with one attached hydrogen (secondary N) is 1. The standard InChI is InChI=1S/C11H14N2O5S2/c12-20(17,18)9-3-1-2-8(4-9)5-13-10(14)6-19-7-11(15)16/h1-4H,5-7H2,(H,13,14)(H,15,16)(H2,12,17,18). The van der Waals surface area contributed by atoms with E-state index in [0.717, 1.165) is 11.8 Å². The molecule has 9 heteroatoms. The summed E-state index contributed by atoms with van der Waals surface area (Å²) in [6, 6.07) is 5.92. The van der Waals surface area contributed by atoms with Gasteiger partial charge in [0.15, 0.2) is 0 Å². The monoisotopic (exact) mass is 318 g/mol. The van der Waals surface area contributed by atoms with Gasteiger partial charge in [0.1, 0.15) is 0 Å². The summed E-state index contributed by atoms with van der Waals surface area (Å²) in [7, 11) is -3.77. The average Bonchev–Trinajstić information content (AvgIpc) is 2.35. The summed E-state index contributed by atoms with van der Waals surface area (Å²) in [5, 5.41) is 16.0. The van der Waals surface area contributed by atoms with E-state index in [1.165, 1.54) is 18.2 Å². The number of carbonyl (C=O) groups excluding carboxylic acids is 1. The number of carboxylic acids is 1. The van der Waals surface area contributed by atoms with Crippen LogP contribution in [0.2, 0.25) is 0 Å². The Morgan fingerprint density at radius 3 is 2.60 bits per heavy atom. The zero-order valence-electron chi connectivity index (χ0n) is 10.4. The van der Waals surface area contributed by atoms with E-state index in [9.17, 15) is 18.0 Å². The van der Waals surface area contributed by atoms with Crippen molar-refractivity contribution in [1.29, 1.82) is 0 Å². The molecule has 0 radical (unpaired) electrons. The van der Waals surface area contributed by atoms with Crippen molar-refractivity contribution in [2.24, 2.45) is 5.14 Å². The van der Waals surface area contributed by atoms with Crippen molar-refractivity contribution in [1.82, 2.24) is 5.32 Å². The Kier molecular flexibility index (Phi) is 5.99. The predicted octanol–water partition coefficient (Wildman–Crippen LogP) is -0.232. The van der Waals surface area contributed by atoms with Crippen LogP contribution in [0.3, 0.4) is 0 Å². The first-order valence-corrected chi connectivity index (χ1v) is 8.17. The van der Waals surface area contributed by atoms with Crippen LogP contribution in [-0.4, -0.2) is 36.9 Å². The van der Waals surface area contributed by atoms with Crippen LogP contribution in [-0.2, 0) is 26.2 Å². The number of nitrogens with two attached hydrogens (primary N) is 1. The molecule has 0 aliphatic rings. The van der Waals surface area contributed by atoms with Crippen molar-refractivity contribution in [3.63, 3.8) is 0 Å². The van der Waals surface area contributed by atoms with Crippen LogP contribution in [0.15, 0.2) is 29.2 Å². The minimum absolute atomic E-state index is 0.0236. The van der Waals surface area contributed by atoms with Crippen molar-refractivity contribution in [3.8, 4) is 0 Å². The Balaban J connectivity index is 2.50. The highest BCUT2D eigenvalue weighted by Gasteiger charge is 2.09. The SMILES string of the molecule is NS(=O)(=O)c1cccc(CNC(=O)CSCC(=O)O)c1. The number of sulfonamides is 1. The van der Waals surface area contributed by atoms with Gasteiger partial charge in [-0.05, 0) is 17.7 Å². The second-order valence-corrected chi connectivity index (χ2v) is 6.40. The molecule has 1 amide bonds. The summed E-state index contributed by atoms with van der Waals surface area (Å²) in [4.78, 5) is 21.7. The van der Waals surface area contributed by atoms with Gasteiger partial charge in [0.2, 0.25) is 15.9 Å². The third-order valence-corrected chi connectivity index (χ3v) is 4.00. The van der Waals surface area contributed by atoms with Gasteiger partial charge in [-0.1, -0.05) is 12.1 Å². The summed E-state index contributed by atoms with van der Waals surface area (Å²) >= 11 is 0.985. The van der Waals surface area contributed by atoms with Crippen LogP contribution in [0.4, 0.5) is 0 Å². The van der Waals surface area contributed by atoms with E-state index in [1.807, 2.05) is 0 Å². The van der Waals surface area contributed by atoms with E-state index in [1.54, 1.807) is 6.07 Å². The number of carbonyl (C=O) groups is 2. The molecule has 0 fully saturated rings. The van der Waals surface area contributed by atoms with E-state index >= 15 is 0 Å². The lowest BCUT2D eigenvalue weighted by molar-refractivity contribution is -0.133. The summed E-state index contributed by atoms with van der Waals surface area (Å²) in [6.45, 7) is 0.149. The van der Waals surface area contributed by atoms with Crippen molar-refractivity contribution < 1.29 is 23.1 Å². The molecule has 0 saturated carbocycles. The molecular formula is C11H14N2O5S2. The number of aliphatic carboxylic acids is 1. The van der Waals surface area contributed by atoms with Gasteiger partial charge in [-0.3, -0.25) is 9.59 Å². The second kappa shape index (κ2) is 7.27. The second-order valence-electron chi connectivity index (χ2n) is 3.86. The molecular weight excluding hydrogens is 304 g/mol. The number of amides is 1. The average molecular weight is 318 g/mol. The molecule has 1 aromatic carbocycles. The number of hydrogen-bond donors (Lipinski definition) is 3. The van der Waals surface area contributed by atoms with E-state index in [0.29, 0.717) is 5.56 Å². The van der Waals surface area contributed by atoms with Crippen LogP contribution >= 0.6 is 11.8 Å². The summed E-state index contributed by atoms with van der Waals surface area (Å²) in [6.07, 6.45) is 0. The van der Waals surface area contributed by atoms with E-state index in [-0.39, 0.29) is 28.9 Å². The maximum Gasteiger partial charge on any atom is 0.313 e. The first kappa shape index (κ1) is 16.5. The summed E-state index contributed by atoms with van der Waals surface area (Å²) < 4.78 is 22.3. The highest BCUT2D eigenvalue weighted by molar-refractivity contribution is 8.00. The van der Waals surface area contributed by atoms with E-state index in [4.69, 9.17) is 10.2 Å². The molecule has 110 valence electrons. The Labute approximate surface area is 120 Å². The van der Waals surface area contributed by atoms with Gasteiger partial charge in [-0.2, -0.15) is 0 Å². The molecule has 7 nitrogen and oxygen atoms in total. The fourth-order valence-electron chi connectivity index (χ4n) is 1.32. The lowest BCUT2D eigenvalue weighted by atomic mass is 10.2. The van der Waals surface area contributed by atoms with Gasteiger partial charge in [-0.25, -0.2) is 13.6 Å². The quantitative estimate of drug-likeness (QED) is 0.637. The number of rotatable bonds is 7. The van der Waals surface area contributed by atoms with Gasteiger partial charge in [0.25, 0.3) is 0 Å². The largest absolute Gasteiger partial charge is 0.481 e. The maximum absolute atomic E-state index is 11.4. The van der Waals surface area contributed by atoms with Gasteiger partial charge in [0.05, 0.1) is 16.4 Å². The lowest BCUT2D eigenvalue weighted by Crippen LogP contribution is -2.25. The van der Waals surface area contributed by atoms with Crippen LogP contribution in [0.25, 0.3) is 0 Å². The predicted molar refractivity (Wildman–Crippen MR) is 74.6 cm³/mol. The Bertz CT molecular complexity index is 601. The summed E-state index contributed by atoms with van der Waals surface area (Å²) in [5.74, 6) is -1.42. The number of primary sulfonamides is 1. The van der Waals surface area contributed by atoms with Gasteiger partial charge in [0, 0.05) is 6.54 Å². The molecule has 0 aliphatic heterocycles. The minimum atomic E-state index is -3.77. The minimum Gasteiger partial charge on any atom is -0.481 e. The molecule has 0 aromatic heterocycles. The molecule has 0 atom stereocenters. The molecule has 1 aromatic rings. The Hall–Kier alpha value is -1.58. The van der Waals surface area contributed by atoms with Crippen LogP contribution in [0.5, 0.6) is 0 Å². The maximum atomic E-state index is 11.4. The molecule has 0 aliphatic carbocycles. The normalized spacial score (nSPS) is 11.1. The van der Waals surface area contributed by atoms with Crippen LogP contribution in [0, 0.1) is 0 Å². The fourth-order valence-corrected chi connectivity index (χ4v) is 2.46. The lowest BCUT2D eigenvalue weighted by Gasteiger charge is -2.06. The zero-order chi connectivity index (χ0) is 15.2. The number of benzene rings is 1. The van der Waals surface area contributed by atoms with Crippen molar-refractivity contribution in [3.05, 3.63) is 29.8 Å². The molecule has 20 heavy (non-hydrogen) atoms. The molecule has 0 saturated heterocycles. The third kappa shape index (κ3) is 6.04. The van der Waals surface area contributed by atoms with Crippen LogP contribution < -0.4 is 10.5 Å². The number of hydrogen-bond acceptors (Lipinski definition) is 5. The first-order chi connectivity index (χ1) is 9.29. The van der Waals surface area contributed by atoms with Crippen molar-refractivity contribution in [2.45, 2.75) is 11.4 Å². The van der Waals surface area contributed by atoms with Gasteiger partial charge >= 0.3 is 5.97 Å². The molecule has 0 unspecified atom stereocenters. The zero-order valence-corrected chi connectivity index (χ0v) is 12.0. The van der Waals surface area contributed by atoms with Gasteiger partial charge < -0.3 is 10.4 Å². The summed E-state index contributed by atoms with van der Waals surface area (Å²) in [5.41, 5.74) is 0.591. The Morgan fingerprint density at radius 1 is 1.30 bits per heavy atom. The highest BCUT2D eigenvalue weighted by Crippen LogP contribution is 2.09. The first-order valence-electron chi connectivity index (χ1n) is 5.47. The van der Waals surface area contributed by atoms with Crippen molar-refractivity contribution >= 4 is 33.7 Å². The number of carboxylic acid groups (broad SMARTS) is 1. The van der Waals surface area contributed by atoms with E-state index in [2.05, 4.69) is 5.32 Å². The smallest absolute Gasteiger partial charge is 0.313 e. The molecule has 0 spiro atoms. The number of thioether (sulfide) groups is 1. The van der Waals surface area contributed by atoms with Crippen LogP contribution in [0.1, 0.15) is 5.56 Å². The third-order valence-electron chi connectivity index (χ3n) is 2.18.